The largest absolute Gasteiger partial charge is 0.418 e. The summed E-state index contributed by atoms with van der Waals surface area (Å²) in [5.74, 6) is 0.477. The molecule has 0 unspecified atom stereocenters. The molecular weight excluding hydrogens is 442 g/mol. The lowest BCUT2D eigenvalue weighted by Crippen LogP contribution is -2.43. The summed E-state index contributed by atoms with van der Waals surface area (Å²) in [5.41, 5.74) is -1.02. The van der Waals surface area contributed by atoms with Crippen LogP contribution in [-0.4, -0.2) is 36.1 Å². The molecule has 1 fully saturated rings. The van der Waals surface area contributed by atoms with Gasteiger partial charge in [0.2, 0.25) is 0 Å². The summed E-state index contributed by atoms with van der Waals surface area (Å²) in [5, 5.41) is 3.95. The third kappa shape index (κ3) is 4.97. The van der Waals surface area contributed by atoms with Gasteiger partial charge in [-0.15, -0.1) is 0 Å². The molecule has 0 amide bonds. The molecule has 1 saturated heterocycles. The number of rotatable bonds is 5. The molecular formula is C22H21F4N5S. The zero-order chi connectivity index (χ0) is 22.7. The maximum absolute atomic E-state index is 14.0. The number of hydrogen-bond acceptors (Lipinski definition) is 6. The Kier molecular flexibility index (Phi) is 6.52. The average molecular weight is 464 g/mol. The molecule has 2 aromatic heterocycles. The first kappa shape index (κ1) is 22.3. The van der Waals surface area contributed by atoms with Crippen LogP contribution in [0, 0.1) is 12.7 Å². The van der Waals surface area contributed by atoms with Crippen molar-refractivity contribution in [1.82, 2.24) is 15.3 Å². The molecule has 0 saturated carbocycles. The fourth-order valence-corrected chi connectivity index (χ4v) is 4.06. The van der Waals surface area contributed by atoms with Gasteiger partial charge in [-0.25, -0.2) is 14.4 Å². The van der Waals surface area contributed by atoms with E-state index in [1.165, 1.54) is 31.2 Å². The number of nitrogens with one attached hydrogen (secondary N) is 2. The van der Waals surface area contributed by atoms with E-state index >= 15 is 0 Å². The minimum atomic E-state index is -4.62. The van der Waals surface area contributed by atoms with E-state index < -0.39 is 17.6 Å². The number of alkyl halides is 3. The maximum Gasteiger partial charge on any atom is 0.418 e. The van der Waals surface area contributed by atoms with E-state index in [9.17, 15) is 17.6 Å². The number of aromatic nitrogens is 2. The van der Waals surface area contributed by atoms with Gasteiger partial charge in [0.25, 0.3) is 0 Å². The van der Waals surface area contributed by atoms with E-state index in [0.717, 1.165) is 50.0 Å². The van der Waals surface area contributed by atoms with Crippen LogP contribution in [0.25, 0.3) is 11.3 Å². The van der Waals surface area contributed by atoms with Crippen LogP contribution < -0.4 is 14.9 Å². The summed E-state index contributed by atoms with van der Waals surface area (Å²) in [6.07, 6.45) is -4.62. The summed E-state index contributed by atoms with van der Waals surface area (Å²) in [4.78, 5) is 11.0. The Morgan fingerprint density at radius 1 is 1.00 bits per heavy atom. The highest BCUT2D eigenvalue weighted by molar-refractivity contribution is 8.00. The Balaban J connectivity index is 1.59. The van der Waals surface area contributed by atoms with Crippen LogP contribution >= 0.6 is 11.9 Å². The lowest BCUT2D eigenvalue weighted by molar-refractivity contribution is -0.137. The van der Waals surface area contributed by atoms with Crippen molar-refractivity contribution in [2.45, 2.75) is 18.1 Å². The van der Waals surface area contributed by atoms with E-state index in [2.05, 4.69) is 24.9 Å². The first-order valence-corrected chi connectivity index (χ1v) is 10.8. The third-order valence-corrected chi connectivity index (χ3v) is 5.88. The van der Waals surface area contributed by atoms with Gasteiger partial charge >= 0.3 is 6.18 Å². The molecule has 4 rings (SSSR count). The SMILES string of the molecule is Cc1c(F)cccc1-c1nc(NSc2cccc(N3CCNCC3)n2)ccc1C(F)(F)F. The third-order valence-electron chi connectivity index (χ3n) is 5.13. The number of halogens is 4. The molecule has 3 heterocycles. The van der Waals surface area contributed by atoms with Gasteiger partial charge in [-0.3, -0.25) is 0 Å². The van der Waals surface area contributed by atoms with E-state index in [4.69, 9.17) is 0 Å². The van der Waals surface area contributed by atoms with Crippen LogP contribution in [0.5, 0.6) is 0 Å². The van der Waals surface area contributed by atoms with Crippen molar-refractivity contribution in [2.24, 2.45) is 0 Å². The second-order valence-electron chi connectivity index (χ2n) is 7.28. The predicted octanol–water partition coefficient (Wildman–Crippen LogP) is 5.14. The lowest BCUT2D eigenvalue weighted by Gasteiger charge is -2.28. The van der Waals surface area contributed by atoms with E-state index in [0.29, 0.717) is 5.03 Å². The van der Waals surface area contributed by atoms with Crippen molar-refractivity contribution < 1.29 is 17.6 Å². The fourth-order valence-electron chi connectivity index (χ4n) is 3.45. The molecule has 5 nitrogen and oxygen atoms in total. The highest BCUT2D eigenvalue weighted by Crippen LogP contribution is 2.38. The topological polar surface area (TPSA) is 53.1 Å². The summed E-state index contributed by atoms with van der Waals surface area (Å²) in [6.45, 7) is 4.91. The molecule has 32 heavy (non-hydrogen) atoms. The van der Waals surface area contributed by atoms with Gasteiger partial charge in [0.1, 0.15) is 22.5 Å². The smallest absolute Gasteiger partial charge is 0.354 e. The standard InChI is InChI=1S/C22H21F4N5S/c1-14-15(4-2-5-17(14)23)21-16(22(24,25)26)8-9-18(28-21)30-32-20-7-3-6-19(29-20)31-12-10-27-11-13-31/h2-9,27H,10-13H2,1H3,(H,28,30). The zero-order valence-electron chi connectivity index (χ0n) is 17.2. The second kappa shape index (κ2) is 9.33. The molecule has 0 aliphatic carbocycles. The van der Waals surface area contributed by atoms with Crippen molar-refractivity contribution in [1.29, 1.82) is 0 Å². The predicted molar refractivity (Wildman–Crippen MR) is 118 cm³/mol. The van der Waals surface area contributed by atoms with Crippen molar-refractivity contribution in [2.75, 3.05) is 35.8 Å². The van der Waals surface area contributed by atoms with Crippen molar-refractivity contribution >= 4 is 23.6 Å². The van der Waals surface area contributed by atoms with Crippen LogP contribution in [0.3, 0.4) is 0 Å². The van der Waals surface area contributed by atoms with Crippen LogP contribution in [0.15, 0.2) is 53.6 Å². The fraction of sp³-hybridized carbons (Fsp3) is 0.273. The van der Waals surface area contributed by atoms with Gasteiger partial charge in [0, 0.05) is 43.7 Å². The quantitative estimate of drug-likeness (QED) is 0.404. The normalized spacial score (nSPS) is 14.5. The van der Waals surface area contributed by atoms with E-state index in [1.54, 1.807) is 0 Å². The first-order chi connectivity index (χ1) is 15.3. The molecule has 0 spiro atoms. The van der Waals surface area contributed by atoms with Crippen LogP contribution in [0.2, 0.25) is 0 Å². The zero-order valence-corrected chi connectivity index (χ0v) is 18.0. The van der Waals surface area contributed by atoms with Crippen molar-refractivity contribution in [3.8, 4) is 11.3 Å². The van der Waals surface area contributed by atoms with E-state index in [1.807, 2.05) is 18.2 Å². The minimum absolute atomic E-state index is 0.102. The van der Waals surface area contributed by atoms with Crippen molar-refractivity contribution in [3.05, 3.63) is 65.5 Å². The monoisotopic (exact) mass is 463 g/mol. The molecule has 1 aromatic carbocycles. The summed E-state index contributed by atoms with van der Waals surface area (Å²) in [7, 11) is 0. The molecule has 1 aliphatic rings. The number of benzene rings is 1. The van der Waals surface area contributed by atoms with Gasteiger partial charge in [-0.2, -0.15) is 13.2 Å². The highest BCUT2D eigenvalue weighted by Gasteiger charge is 2.35. The maximum atomic E-state index is 14.0. The molecule has 2 N–H and O–H groups in total. The van der Waals surface area contributed by atoms with Crippen molar-refractivity contribution in [3.63, 3.8) is 0 Å². The summed E-state index contributed by atoms with van der Waals surface area (Å²) in [6, 6.07) is 11.9. The lowest BCUT2D eigenvalue weighted by atomic mass is 10.0. The van der Waals surface area contributed by atoms with E-state index in [-0.39, 0.29) is 22.6 Å². The molecule has 0 bridgehead atoms. The van der Waals surface area contributed by atoms with Gasteiger partial charge in [-0.05, 0) is 42.8 Å². The Hall–Kier alpha value is -2.85. The number of piperazine rings is 1. The van der Waals surface area contributed by atoms with Gasteiger partial charge < -0.3 is 14.9 Å². The molecule has 168 valence electrons. The molecule has 3 aromatic rings. The van der Waals surface area contributed by atoms with Gasteiger partial charge in [0.15, 0.2) is 0 Å². The molecule has 1 aliphatic heterocycles. The van der Waals surface area contributed by atoms with Crippen LogP contribution in [0.1, 0.15) is 11.1 Å². The second-order valence-corrected chi connectivity index (χ2v) is 8.10. The molecule has 10 heteroatoms. The van der Waals surface area contributed by atoms with Crippen LogP contribution in [-0.2, 0) is 6.18 Å². The Bertz CT molecular complexity index is 1100. The molecule has 0 radical (unpaired) electrons. The number of nitrogens with zero attached hydrogens (tertiary/aromatic N) is 3. The van der Waals surface area contributed by atoms with Crippen LogP contribution in [0.4, 0.5) is 29.2 Å². The minimum Gasteiger partial charge on any atom is -0.354 e. The first-order valence-electron chi connectivity index (χ1n) is 10.0. The Morgan fingerprint density at radius 3 is 2.50 bits per heavy atom. The highest BCUT2D eigenvalue weighted by atomic mass is 32.2. The van der Waals surface area contributed by atoms with Gasteiger partial charge in [-0.1, -0.05) is 18.2 Å². The molecule has 0 atom stereocenters. The van der Waals surface area contributed by atoms with Gasteiger partial charge in [0.05, 0.1) is 11.3 Å². The number of pyridine rings is 2. The Labute approximate surface area is 187 Å². The number of anilines is 2. The average Bonchev–Trinajstić information content (AvgIpc) is 2.79. The Morgan fingerprint density at radius 2 is 1.75 bits per heavy atom. The summed E-state index contributed by atoms with van der Waals surface area (Å²) >= 11 is 1.16. The summed E-state index contributed by atoms with van der Waals surface area (Å²) < 4.78 is 57.7. The number of hydrogen-bond donors (Lipinski definition) is 2.